The smallest absolute Gasteiger partial charge is 0.253 e. The first-order valence-electron chi connectivity index (χ1n) is 8.73. The molecule has 138 valence electrons. The number of aldehydes is 1. The normalized spacial score (nSPS) is 22.5. The Morgan fingerprint density at radius 1 is 1.35 bits per heavy atom. The van der Waals surface area contributed by atoms with Crippen LogP contribution in [0.5, 0.6) is 0 Å². The van der Waals surface area contributed by atoms with Crippen molar-refractivity contribution in [2.45, 2.75) is 44.1 Å². The van der Waals surface area contributed by atoms with Gasteiger partial charge in [-0.25, -0.2) is 5.48 Å². The van der Waals surface area contributed by atoms with E-state index in [0.717, 1.165) is 24.8 Å². The highest BCUT2D eigenvalue weighted by atomic mass is 16.6. The van der Waals surface area contributed by atoms with Crippen molar-refractivity contribution in [2.75, 3.05) is 29.4 Å². The van der Waals surface area contributed by atoms with Crippen molar-refractivity contribution in [3.8, 4) is 0 Å². The zero-order valence-electron chi connectivity index (χ0n) is 14.8. The summed E-state index contributed by atoms with van der Waals surface area (Å²) in [6, 6.07) is 1.97. The highest BCUT2D eigenvalue weighted by Gasteiger charge is 2.38. The fraction of sp³-hybridized carbons (Fsp3) is 0.562. The van der Waals surface area contributed by atoms with E-state index >= 15 is 0 Å². The molecule has 0 radical (unpaired) electrons. The van der Waals surface area contributed by atoms with Crippen molar-refractivity contribution in [2.24, 2.45) is 0 Å². The summed E-state index contributed by atoms with van der Waals surface area (Å²) in [5.74, 6) is 2.31. The summed E-state index contributed by atoms with van der Waals surface area (Å²) < 4.78 is 0. The van der Waals surface area contributed by atoms with Gasteiger partial charge in [0.25, 0.3) is 5.95 Å². The van der Waals surface area contributed by atoms with Gasteiger partial charge in [-0.3, -0.25) is 9.94 Å². The molecule has 2 aliphatic rings. The summed E-state index contributed by atoms with van der Waals surface area (Å²) in [6.45, 7) is 2.60. The largest absolute Gasteiger partial charge is 0.328 e. The summed E-state index contributed by atoms with van der Waals surface area (Å²) in [5.41, 5.74) is 3.06. The number of H-pyrrole nitrogens is 1. The number of rotatable bonds is 7. The van der Waals surface area contributed by atoms with Crippen molar-refractivity contribution in [3.05, 3.63) is 11.8 Å². The summed E-state index contributed by atoms with van der Waals surface area (Å²) in [5, 5.41) is 10.4. The lowest BCUT2D eigenvalue weighted by molar-refractivity contribution is -0.111. The Morgan fingerprint density at radius 3 is 2.88 bits per heavy atom. The Morgan fingerprint density at radius 2 is 2.15 bits per heavy atom. The lowest BCUT2D eigenvalue weighted by Gasteiger charge is -2.30. The number of aromatic amines is 1. The van der Waals surface area contributed by atoms with Crippen molar-refractivity contribution in [1.82, 2.24) is 25.1 Å². The number of carbonyl (C=O) groups is 1. The van der Waals surface area contributed by atoms with E-state index in [9.17, 15) is 4.79 Å². The summed E-state index contributed by atoms with van der Waals surface area (Å²) >= 11 is 0. The second kappa shape index (κ2) is 6.52. The minimum Gasteiger partial charge on any atom is -0.328 e. The SMILES string of the molecule is CONc1nc(Nc2cc(C3CC3)n[nH]2)nc(N2CCC[C@@]2(C)C=O)n1. The summed E-state index contributed by atoms with van der Waals surface area (Å²) in [6.07, 6.45) is 4.99. The first kappa shape index (κ1) is 16.7. The first-order valence-corrected chi connectivity index (χ1v) is 8.73. The summed E-state index contributed by atoms with van der Waals surface area (Å²) in [7, 11) is 1.48. The van der Waals surface area contributed by atoms with E-state index in [1.807, 2.05) is 17.9 Å². The Hall–Kier alpha value is -2.75. The molecule has 10 nitrogen and oxygen atoms in total. The van der Waals surface area contributed by atoms with Gasteiger partial charge in [-0.1, -0.05) is 0 Å². The number of aromatic nitrogens is 5. The molecule has 0 bridgehead atoms. The van der Waals surface area contributed by atoms with Gasteiger partial charge < -0.3 is 15.0 Å². The number of anilines is 4. The average molecular weight is 358 g/mol. The molecule has 2 aromatic rings. The standard InChI is InChI=1S/C16H22N8O2/c1-16(9-25)6-3-7-24(16)15-19-13(18-14(20-15)23-26-2)17-12-8-11(21-22-12)10-4-5-10/h8-10H,3-7H2,1-2H3,(H3,17,18,19,20,21,22,23)/t16-/m0/s1. The van der Waals surface area contributed by atoms with Crippen LogP contribution in [0.2, 0.25) is 0 Å². The van der Waals surface area contributed by atoms with Crippen LogP contribution in [0.25, 0.3) is 0 Å². The van der Waals surface area contributed by atoms with E-state index in [0.29, 0.717) is 30.2 Å². The van der Waals surface area contributed by atoms with Crippen molar-refractivity contribution in [3.63, 3.8) is 0 Å². The zero-order valence-corrected chi connectivity index (χ0v) is 14.8. The molecule has 2 fully saturated rings. The Kier molecular flexibility index (Phi) is 4.19. The van der Waals surface area contributed by atoms with E-state index in [1.165, 1.54) is 20.0 Å². The maximum Gasteiger partial charge on any atom is 0.253 e. The molecule has 1 saturated carbocycles. The molecule has 0 amide bonds. The van der Waals surface area contributed by atoms with Gasteiger partial charge in [0.15, 0.2) is 0 Å². The minimum atomic E-state index is -0.615. The molecule has 26 heavy (non-hydrogen) atoms. The molecular formula is C16H22N8O2. The van der Waals surface area contributed by atoms with E-state index < -0.39 is 5.54 Å². The average Bonchev–Trinajstić information content (AvgIpc) is 3.25. The minimum absolute atomic E-state index is 0.266. The molecule has 1 saturated heterocycles. The van der Waals surface area contributed by atoms with E-state index in [2.05, 4.69) is 35.9 Å². The molecule has 0 aromatic carbocycles. The number of nitrogens with one attached hydrogen (secondary N) is 3. The molecule has 0 spiro atoms. The molecule has 0 unspecified atom stereocenters. The zero-order chi connectivity index (χ0) is 18.1. The van der Waals surface area contributed by atoms with Crippen LogP contribution in [0.15, 0.2) is 6.07 Å². The summed E-state index contributed by atoms with van der Waals surface area (Å²) in [4.78, 5) is 31.6. The lowest BCUT2D eigenvalue weighted by Crippen LogP contribution is -2.43. The maximum atomic E-state index is 11.6. The molecule has 1 aliphatic carbocycles. The van der Waals surface area contributed by atoms with Crippen LogP contribution in [-0.4, -0.2) is 50.6 Å². The van der Waals surface area contributed by atoms with Gasteiger partial charge in [-0.2, -0.15) is 20.1 Å². The van der Waals surface area contributed by atoms with Crippen LogP contribution < -0.4 is 15.7 Å². The van der Waals surface area contributed by atoms with E-state index in [1.54, 1.807) is 0 Å². The Bertz CT molecular complexity index is 805. The molecule has 4 rings (SSSR count). The van der Waals surface area contributed by atoms with E-state index in [4.69, 9.17) is 4.84 Å². The van der Waals surface area contributed by atoms with Gasteiger partial charge in [0.2, 0.25) is 11.9 Å². The third-order valence-electron chi connectivity index (χ3n) is 4.83. The topological polar surface area (TPSA) is 121 Å². The fourth-order valence-electron chi connectivity index (χ4n) is 3.22. The highest BCUT2D eigenvalue weighted by molar-refractivity contribution is 5.71. The Balaban J connectivity index is 1.63. The third-order valence-corrected chi connectivity index (χ3v) is 4.83. The Labute approximate surface area is 150 Å². The number of nitrogens with zero attached hydrogens (tertiary/aromatic N) is 5. The number of carbonyl (C=O) groups excluding carboxylic acids is 1. The molecule has 3 N–H and O–H groups in total. The van der Waals surface area contributed by atoms with E-state index in [-0.39, 0.29) is 5.95 Å². The number of hydrogen-bond donors (Lipinski definition) is 3. The molecular weight excluding hydrogens is 336 g/mol. The van der Waals surface area contributed by atoms with Gasteiger partial charge in [0.1, 0.15) is 12.1 Å². The van der Waals surface area contributed by atoms with Crippen LogP contribution in [0.1, 0.15) is 44.2 Å². The second-order valence-corrected chi connectivity index (χ2v) is 6.92. The predicted molar refractivity (Wildman–Crippen MR) is 95.4 cm³/mol. The van der Waals surface area contributed by atoms with Gasteiger partial charge in [-0.15, -0.1) is 0 Å². The third kappa shape index (κ3) is 3.19. The molecule has 1 atom stereocenters. The predicted octanol–water partition coefficient (Wildman–Crippen LogP) is 1.75. The monoisotopic (exact) mass is 358 g/mol. The van der Waals surface area contributed by atoms with Crippen molar-refractivity contribution < 1.29 is 9.63 Å². The van der Waals surface area contributed by atoms with Crippen LogP contribution in [0.4, 0.5) is 23.7 Å². The van der Waals surface area contributed by atoms with Gasteiger partial charge in [-0.05, 0) is 32.6 Å². The molecule has 1 aliphatic heterocycles. The van der Waals surface area contributed by atoms with Gasteiger partial charge in [0.05, 0.1) is 18.3 Å². The molecule has 3 heterocycles. The molecule has 10 heteroatoms. The quantitative estimate of drug-likeness (QED) is 0.502. The van der Waals surface area contributed by atoms with Crippen LogP contribution >= 0.6 is 0 Å². The lowest BCUT2D eigenvalue weighted by atomic mass is 10.0. The van der Waals surface area contributed by atoms with Crippen molar-refractivity contribution in [1.29, 1.82) is 0 Å². The first-order chi connectivity index (χ1) is 12.6. The van der Waals surface area contributed by atoms with Gasteiger partial charge in [0, 0.05) is 18.5 Å². The number of hydrogen-bond acceptors (Lipinski definition) is 9. The fourth-order valence-corrected chi connectivity index (χ4v) is 3.22. The van der Waals surface area contributed by atoms with Crippen molar-refractivity contribution >= 4 is 29.9 Å². The highest BCUT2D eigenvalue weighted by Crippen LogP contribution is 2.39. The van der Waals surface area contributed by atoms with Crippen LogP contribution in [-0.2, 0) is 9.63 Å². The molecule has 2 aromatic heterocycles. The second-order valence-electron chi connectivity index (χ2n) is 6.92. The van der Waals surface area contributed by atoms with Crippen LogP contribution in [0, 0.1) is 0 Å². The van der Waals surface area contributed by atoms with Crippen LogP contribution in [0.3, 0.4) is 0 Å². The maximum absolute atomic E-state index is 11.6. The van der Waals surface area contributed by atoms with Gasteiger partial charge >= 0.3 is 0 Å².